The number of benzene rings is 3. The standard InChI is InChI=1S/C24H20F4O/c1-2-3-14-4-6-15(7-5-14)17-10-16-8-9-22(29-24(16)21(27)11-17)18-12-19(25)23(28)20(26)13-18/h4-7,10-13,22H,2-3,8-9H2,1H3. The van der Waals surface area contributed by atoms with Crippen molar-refractivity contribution in [3.8, 4) is 16.9 Å². The fourth-order valence-corrected chi connectivity index (χ4v) is 3.77. The first kappa shape index (κ1) is 19.5. The second-order valence-electron chi connectivity index (χ2n) is 7.34. The molecule has 3 aromatic carbocycles. The van der Waals surface area contributed by atoms with E-state index in [1.165, 1.54) is 11.6 Å². The van der Waals surface area contributed by atoms with Gasteiger partial charge in [-0.1, -0.05) is 37.6 Å². The molecule has 1 atom stereocenters. The fraction of sp³-hybridized carbons (Fsp3) is 0.250. The lowest BCUT2D eigenvalue weighted by molar-refractivity contribution is 0.166. The molecule has 1 nitrogen and oxygen atoms in total. The summed E-state index contributed by atoms with van der Waals surface area (Å²) >= 11 is 0. The predicted molar refractivity (Wildman–Crippen MR) is 104 cm³/mol. The van der Waals surface area contributed by atoms with Gasteiger partial charge in [-0.05, 0) is 71.3 Å². The highest BCUT2D eigenvalue weighted by molar-refractivity contribution is 5.66. The lowest BCUT2D eigenvalue weighted by Crippen LogP contribution is -2.17. The molecule has 0 spiro atoms. The maximum absolute atomic E-state index is 14.8. The van der Waals surface area contributed by atoms with E-state index in [1.807, 2.05) is 30.3 Å². The molecule has 0 saturated carbocycles. The molecular weight excluding hydrogens is 380 g/mol. The van der Waals surface area contributed by atoms with Gasteiger partial charge in [0, 0.05) is 0 Å². The number of ether oxygens (including phenoxy) is 1. The van der Waals surface area contributed by atoms with E-state index in [4.69, 9.17) is 4.74 Å². The Hall–Kier alpha value is -2.82. The molecule has 4 rings (SSSR count). The first-order valence-corrected chi connectivity index (χ1v) is 9.69. The summed E-state index contributed by atoms with van der Waals surface area (Å²) in [5, 5.41) is 0. The lowest BCUT2D eigenvalue weighted by atomic mass is 9.93. The molecule has 3 aromatic rings. The van der Waals surface area contributed by atoms with Gasteiger partial charge in [0.25, 0.3) is 0 Å². The summed E-state index contributed by atoms with van der Waals surface area (Å²) in [6, 6.07) is 13.1. The van der Waals surface area contributed by atoms with Gasteiger partial charge in [0.05, 0.1) is 0 Å². The van der Waals surface area contributed by atoms with Crippen LogP contribution in [0.1, 0.15) is 42.6 Å². The Bertz CT molecular complexity index is 1020. The number of rotatable bonds is 4. The zero-order valence-corrected chi connectivity index (χ0v) is 15.9. The van der Waals surface area contributed by atoms with Crippen molar-refractivity contribution in [2.75, 3.05) is 0 Å². The third-order valence-electron chi connectivity index (χ3n) is 5.26. The van der Waals surface area contributed by atoms with Crippen LogP contribution in [-0.4, -0.2) is 0 Å². The number of fused-ring (bicyclic) bond motifs is 1. The molecule has 0 radical (unpaired) electrons. The molecule has 0 amide bonds. The van der Waals surface area contributed by atoms with Crippen LogP contribution >= 0.6 is 0 Å². The minimum absolute atomic E-state index is 0.0812. The van der Waals surface area contributed by atoms with E-state index in [9.17, 15) is 17.6 Å². The highest BCUT2D eigenvalue weighted by Gasteiger charge is 2.26. The average Bonchev–Trinajstić information content (AvgIpc) is 2.72. The van der Waals surface area contributed by atoms with Crippen LogP contribution in [0.3, 0.4) is 0 Å². The molecule has 0 saturated heterocycles. The molecule has 0 N–H and O–H groups in total. The van der Waals surface area contributed by atoms with E-state index in [0.29, 0.717) is 18.4 Å². The average molecular weight is 400 g/mol. The fourth-order valence-electron chi connectivity index (χ4n) is 3.77. The van der Waals surface area contributed by atoms with Crippen LogP contribution in [0.2, 0.25) is 0 Å². The Labute approximate surface area is 167 Å². The van der Waals surface area contributed by atoms with Gasteiger partial charge in [-0.2, -0.15) is 0 Å². The van der Waals surface area contributed by atoms with Crippen molar-refractivity contribution in [2.45, 2.75) is 38.7 Å². The topological polar surface area (TPSA) is 9.23 Å². The van der Waals surface area contributed by atoms with Gasteiger partial charge >= 0.3 is 0 Å². The van der Waals surface area contributed by atoms with Gasteiger partial charge in [0.2, 0.25) is 0 Å². The number of hydrogen-bond acceptors (Lipinski definition) is 1. The highest BCUT2D eigenvalue weighted by Crippen LogP contribution is 2.39. The molecule has 5 heteroatoms. The molecule has 1 unspecified atom stereocenters. The zero-order chi connectivity index (χ0) is 20.5. The Kier molecular flexibility index (Phi) is 5.31. The summed E-state index contributed by atoms with van der Waals surface area (Å²) in [4.78, 5) is 0. The second-order valence-corrected chi connectivity index (χ2v) is 7.34. The van der Waals surface area contributed by atoms with Crippen molar-refractivity contribution in [1.82, 2.24) is 0 Å². The molecular formula is C24H20F4O. The molecule has 0 bridgehead atoms. The minimum Gasteiger partial charge on any atom is -0.482 e. The van der Waals surface area contributed by atoms with Gasteiger partial charge in [0.1, 0.15) is 6.10 Å². The van der Waals surface area contributed by atoms with Crippen molar-refractivity contribution in [3.05, 3.63) is 88.5 Å². The molecule has 1 aliphatic heterocycles. The Balaban J connectivity index is 1.62. The normalized spacial score (nSPS) is 15.7. The van der Waals surface area contributed by atoms with Gasteiger partial charge < -0.3 is 4.74 Å². The molecule has 1 aliphatic rings. The second kappa shape index (κ2) is 7.90. The molecule has 29 heavy (non-hydrogen) atoms. The van der Waals surface area contributed by atoms with Crippen molar-refractivity contribution in [2.24, 2.45) is 0 Å². The Morgan fingerprint density at radius 3 is 2.21 bits per heavy atom. The maximum Gasteiger partial charge on any atom is 0.194 e. The quantitative estimate of drug-likeness (QED) is 0.341. The molecule has 0 aliphatic carbocycles. The first-order valence-electron chi connectivity index (χ1n) is 9.69. The zero-order valence-electron chi connectivity index (χ0n) is 15.9. The first-order chi connectivity index (χ1) is 14.0. The number of halogens is 4. The lowest BCUT2D eigenvalue weighted by Gasteiger charge is -2.27. The summed E-state index contributed by atoms with van der Waals surface area (Å²) < 4.78 is 60.8. The van der Waals surface area contributed by atoms with Crippen LogP contribution in [0, 0.1) is 23.3 Å². The van der Waals surface area contributed by atoms with E-state index in [-0.39, 0.29) is 11.3 Å². The monoisotopic (exact) mass is 400 g/mol. The van der Waals surface area contributed by atoms with Crippen molar-refractivity contribution < 1.29 is 22.3 Å². The summed E-state index contributed by atoms with van der Waals surface area (Å²) in [6.45, 7) is 2.12. The molecule has 150 valence electrons. The molecule has 0 aromatic heterocycles. The maximum atomic E-state index is 14.8. The van der Waals surface area contributed by atoms with Gasteiger partial charge in [-0.25, -0.2) is 17.6 Å². The Morgan fingerprint density at radius 2 is 1.55 bits per heavy atom. The van der Waals surface area contributed by atoms with E-state index >= 15 is 0 Å². The summed E-state index contributed by atoms with van der Waals surface area (Å²) in [7, 11) is 0. The largest absolute Gasteiger partial charge is 0.482 e. The third kappa shape index (κ3) is 3.86. The smallest absolute Gasteiger partial charge is 0.194 e. The summed E-state index contributed by atoms with van der Waals surface area (Å²) in [6.07, 6.45) is 2.22. The van der Waals surface area contributed by atoms with Gasteiger partial charge in [-0.15, -0.1) is 0 Å². The van der Waals surface area contributed by atoms with Crippen LogP contribution in [0.4, 0.5) is 17.6 Å². The predicted octanol–water partition coefficient (Wildman–Crippen LogP) is 6.93. The van der Waals surface area contributed by atoms with E-state index in [2.05, 4.69) is 6.92 Å². The van der Waals surface area contributed by atoms with Crippen LogP contribution in [-0.2, 0) is 12.8 Å². The van der Waals surface area contributed by atoms with Crippen molar-refractivity contribution in [3.63, 3.8) is 0 Å². The number of hydrogen-bond donors (Lipinski definition) is 0. The van der Waals surface area contributed by atoms with Crippen molar-refractivity contribution >= 4 is 0 Å². The van der Waals surface area contributed by atoms with Crippen LogP contribution in [0.25, 0.3) is 11.1 Å². The van der Waals surface area contributed by atoms with E-state index < -0.39 is 29.4 Å². The van der Waals surface area contributed by atoms with E-state index in [0.717, 1.165) is 36.1 Å². The van der Waals surface area contributed by atoms with Crippen LogP contribution < -0.4 is 4.74 Å². The highest BCUT2D eigenvalue weighted by atomic mass is 19.2. The van der Waals surface area contributed by atoms with Crippen molar-refractivity contribution in [1.29, 1.82) is 0 Å². The minimum atomic E-state index is -1.52. The third-order valence-corrected chi connectivity index (χ3v) is 5.26. The van der Waals surface area contributed by atoms with Crippen LogP contribution in [0.15, 0.2) is 48.5 Å². The SMILES string of the molecule is CCCc1ccc(-c2cc(F)c3c(c2)CCC(c2cc(F)c(F)c(F)c2)O3)cc1. The van der Waals surface area contributed by atoms with E-state index in [1.54, 1.807) is 0 Å². The van der Waals surface area contributed by atoms with Gasteiger partial charge in [0.15, 0.2) is 29.0 Å². The molecule has 0 fully saturated rings. The summed E-state index contributed by atoms with van der Waals surface area (Å²) in [5.74, 6) is -4.53. The number of aryl methyl sites for hydroxylation is 2. The molecule has 1 heterocycles. The summed E-state index contributed by atoms with van der Waals surface area (Å²) in [5.41, 5.74) is 3.76. The Morgan fingerprint density at radius 1 is 0.862 bits per heavy atom. The van der Waals surface area contributed by atoms with Crippen LogP contribution in [0.5, 0.6) is 5.75 Å². The van der Waals surface area contributed by atoms with Gasteiger partial charge in [-0.3, -0.25) is 0 Å².